The van der Waals surface area contributed by atoms with Gasteiger partial charge in [0.15, 0.2) is 0 Å². The number of pyridine rings is 1. The molecule has 0 saturated carbocycles. The second-order valence-corrected chi connectivity index (χ2v) is 6.17. The van der Waals surface area contributed by atoms with Gasteiger partial charge in [-0.05, 0) is 44.0 Å². The number of rotatable bonds is 5. The Balaban J connectivity index is 1.88. The van der Waals surface area contributed by atoms with E-state index >= 15 is 0 Å². The van der Waals surface area contributed by atoms with E-state index in [1.54, 1.807) is 19.0 Å². The highest BCUT2D eigenvalue weighted by atomic mass is 19.4. The molecule has 2 heterocycles. The van der Waals surface area contributed by atoms with Crippen LogP contribution in [0.4, 0.5) is 19.0 Å². The van der Waals surface area contributed by atoms with Crippen LogP contribution in [0, 0.1) is 5.92 Å². The quantitative estimate of drug-likeness (QED) is 0.888. The maximum Gasteiger partial charge on any atom is 0.416 e. The van der Waals surface area contributed by atoms with Crippen molar-refractivity contribution in [3.8, 4) is 0 Å². The van der Waals surface area contributed by atoms with Gasteiger partial charge >= 0.3 is 6.18 Å². The maximum atomic E-state index is 12.8. The molecule has 5 nitrogen and oxygen atoms in total. The number of hydrogen-bond donors (Lipinski definition) is 1. The first-order valence-electron chi connectivity index (χ1n) is 7.97. The molecule has 0 unspecified atom stereocenters. The van der Waals surface area contributed by atoms with Gasteiger partial charge in [0.1, 0.15) is 5.82 Å². The minimum Gasteiger partial charge on any atom is -0.359 e. The minimum atomic E-state index is -4.36. The van der Waals surface area contributed by atoms with Crippen LogP contribution in [-0.4, -0.2) is 56.1 Å². The highest BCUT2D eigenvalue weighted by Crippen LogP contribution is 2.31. The minimum absolute atomic E-state index is 0.00117. The number of aromatic nitrogens is 1. The number of halogens is 3. The van der Waals surface area contributed by atoms with E-state index in [1.165, 1.54) is 6.20 Å². The smallest absolute Gasteiger partial charge is 0.359 e. The third-order valence-electron chi connectivity index (χ3n) is 4.35. The van der Waals surface area contributed by atoms with E-state index in [1.807, 2.05) is 0 Å². The van der Waals surface area contributed by atoms with Gasteiger partial charge in [-0.3, -0.25) is 9.69 Å². The predicted octanol–water partition coefficient (Wildman–Crippen LogP) is 1.99. The molecule has 1 aliphatic rings. The van der Waals surface area contributed by atoms with Crippen LogP contribution < -0.4 is 10.2 Å². The number of carbonyl (C=O) groups is 1. The molecule has 0 spiro atoms. The number of piperidine rings is 1. The largest absolute Gasteiger partial charge is 0.416 e. The highest BCUT2D eigenvalue weighted by Gasteiger charge is 2.31. The Kier molecular flexibility index (Phi) is 6.04. The number of anilines is 1. The summed E-state index contributed by atoms with van der Waals surface area (Å²) in [5.41, 5.74) is -0.681. The van der Waals surface area contributed by atoms with Crippen molar-refractivity contribution >= 4 is 11.7 Å². The second kappa shape index (κ2) is 7.83. The fourth-order valence-electron chi connectivity index (χ4n) is 2.89. The number of likely N-dealkylation sites (N-methyl/N-ethyl adjacent to an activating group) is 1. The molecule has 1 amide bonds. The summed E-state index contributed by atoms with van der Waals surface area (Å²) >= 11 is 0. The number of alkyl halides is 3. The van der Waals surface area contributed by atoms with Crippen molar-refractivity contribution in [2.45, 2.75) is 19.0 Å². The molecule has 0 radical (unpaired) electrons. The van der Waals surface area contributed by atoms with Crippen LogP contribution >= 0.6 is 0 Å². The van der Waals surface area contributed by atoms with Gasteiger partial charge in [0.25, 0.3) is 0 Å². The van der Waals surface area contributed by atoms with E-state index in [9.17, 15) is 18.0 Å². The number of carbonyl (C=O) groups excluding carboxylic acids is 1. The van der Waals surface area contributed by atoms with Gasteiger partial charge in [-0.1, -0.05) is 0 Å². The number of hydrogen-bond acceptors (Lipinski definition) is 4. The molecule has 1 fully saturated rings. The third-order valence-corrected chi connectivity index (χ3v) is 4.35. The summed E-state index contributed by atoms with van der Waals surface area (Å²) in [6, 6.07) is 2.06. The highest BCUT2D eigenvalue weighted by molar-refractivity contribution is 5.77. The molecule has 1 N–H and O–H groups in total. The summed E-state index contributed by atoms with van der Waals surface area (Å²) in [6.45, 7) is 2.69. The van der Waals surface area contributed by atoms with Gasteiger partial charge in [-0.2, -0.15) is 13.2 Å². The van der Waals surface area contributed by atoms with Crippen LogP contribution in [0.3, 0.4) is 0 Å². The van der Waals surface area contributed by atoms with Gasteiger partial charge < -0.3 is 10.2 Å². The van der Waals surface area contributed by atoms with Crippen LogP contribution in [0.15, 0.2) is 18.3 Å². The van der Waals surface area contributed by atoms with Crippen LogP contribution in [0.2, 0.25) is 0 Å². The van der Waals surface area contributed by atoms with Crippen LogP contribution in [0.1, 0.15) is 18.4 Å². The lowest BCUT2D eigenvalue weighted by molar-refractivity contribution is -0.137. The van der Waals surface area contributed by atoms with E-state index in [2.05, 4.69) is 15.2 Å². The maximum absolute atomic E-state index is 12.8. The first-order valence-corrected chi connectivity index (χ1v) is 7.97. The summed E-state index contributed by atoms with van der Waals surface area (Å²) < 4.78 is 38.3. The van der Waals surface area contributed by atoms with Crippen LogP contribution in [-0.2, 0) is 11.0 Å². The molecule has 1 aliphatic heterocycles. The lowest BCUT2D eigenvalue weighted by Gasteiger charge is -2.33. The monoisotopic (exact) mass is 344 g/mol. The zero-order valence-electron chi connectivity index (χ0n) is 13.9. The first-order chi connectivity index (χ1) is 11.3. The Morgan fingerprint density at radius 1 is 1.42 bits per heavy atom. The molecular weight excluding hydrogens is 321 g/mol. The number of amides is 1. The Morgan fingerprint density at radius 2 is 2.08 bits per heavy atom. The fraction of sp³-hybridized carbons (Fsp3) is 0.625. The summed E-state index contributed by atoms with van der Waals surface area (Å²) in [6.07, 6.45) is -1.33. The molecule has 0 aliphatic carbocycles. The Morgan fingerprint density at radius 3 is 2.67 bits per heavy atom. The van der Waals surface area contributed by atoms with E-state index in [4.69, 9.17) is 0 Å². The SMILES string of the molecule is CNC(=O)CN1CCC(CN(C)c2cc(C(F)(F)F)ccn2)CC1. The Hall–Kier alpha value is -1.83. The van der Waals surface area contributed by atoms with E-state index in [-0.39, 0.29) is 5.91 Å². The van der Waals surface area contributed by atoms with Crippen LogP contribution in [0.5, 0.6) is 0 Å². The molecule has 8 heteroatoms. The molecule has 0 atom stereocenters. The number of likely N-dealkylation sites (tertiary alicyclic amines) is 1. The van der Waals surface area contributed by atoms with E-state index < -0.39 is 11.7 Å². The molecule has 24 heavy (non-hydrogen) atoms. The Labute approximate surface area is 139 Å². The van der Waals surface area contributed by atoms with E-state index in [0.29, 0.717) is 24.8 Å². The molecule has 2 rings (SSSR count). The van der Waals surface area contributed by atoms with Crippen molar-refractivity contribution < 1.29 is 18.0 Å². The summed E-state index contributed by atoms with van der Waals surface area (Å²) in [5.74, 6) is 0.712. The average Bonchev–Trinajstić information content (AvgIpc) is 2.56. The number of nitrogens with zero attached hydrogens (tertiary/aromatic N) is 3. The van der Waals surface area contributed by atoms with Crippen molar-refractivity contribution in [1.29, 1.82) is 0 Å². The molecular formula is C16H23F3N4O. The normalized spacial score (nSPS) is 16.9. The summed E-state index contributed by atoms with van der Waals surface area (Å²) in [5, 5.41) is 2.61. The zero-order chi connectivity index (χ0) is 17.7. The van der Waals surface area contributed by atoms with Crippen molar-refractivity contribution in [2.24, 2.45) is 5.92 Å². The van der Waals surface area contributed by atoms with Gasteiger partial charge in [0, 0.05) is 26.8 Å². The van der Waals surface area contributed by atoms with Gasteiger partial charge in [-0.15, -0.1) is 0 Å². The molecule has 0 aromatic carbocycles. The Bertz CT molecular complexity index is 556. The summed E-state index contributed by atoms with van der Waals surface area (Å²) in [7, 11) is 3.38. The standard InChI is InChI=1S/C16H23F3N4O/c1-20-15(24)11-23-7-4-12(5-8-23)10-22(2)14-9-13(3-6-21-14)16(17,18)19/h3,6,9,12H,4-5,7-8,10-11H2,1-2H3,(H,20,24). The van der Waals surface area contributed by atoms with Crippen molar-refractivity contribution in [2.75, 3.05) is 45.2 Å². The molecule has 134 valence electrons. The summed E-state index contributed by atoms with van der Waals surface area (Å²) in [4.78, 5) is 19.3. The van der Waals surface area contributed by atoms with Crippen molar-refractivity contribution in [3.63, 3.8) is 0 Å². The van der Waals surface area contributed by atoms with Crippen LogP contribution in [0.25, 0.3) is 0 Å². The van der Waals surface area contributed by atoms with Crippen molar-refractivity contribution in [1.82, 2.24) is 15.2 Å². The average molecular weight is 344 g/mol. The molecule has 0 bridgehead atoms. The second-order valence-electron chi connectivity index (χ2n) is 6.17. The van der Waals surface area contributed by atoms with Gasteiger partial charge in [-0.25, -0.2) is 4.98 Å². The van der Waals surface area contributed by atoms with E-state index in [0.717, 1.165) is 38.1 Å². The van der Waals surface area contributed by atoms with Gasteiger partial charge in [0.05, 0.1) is 12.1 Å². The van der Waals surface area contributed by atoms with Gasteiger partial charge in [0.2, 0.25) is 5.91 Å². The lowest BCUT2D eigenvalue weighted by atomic mass is 9.96. The molecule has 1 saturated heterocycles. The first kappa shape index (κ1) is 18.5. The zero-order valence-corrected chi connectivity index (χ0v) is 13.9. The predicted molar refractivity (Wildman–Crippen MR) is 85.7 cm³/mol. The molecule has 1 aromatic heterocycles. The number of nitrogens with one attached hydrogen (secondary N) is 1. The topological polar surface area (TPSA) is 48.5 Å². The molecule has 1 aromatic rings. The lowest BCUT2D eigenvalue weighted by Crippen LogP contribution is -2.42. The fourth-order valence-corrected chi connectivity index (χ4v) is 2.89. The third kappa shape index (κ3) is 5.09. The van der Waals surface area contributed by atoms with Crippen molar-refractivity contribution in [3.05, 3.63) is 23.9 Å².